The van der Waals surface area contributed by atoms with Crippen molar-refractivity contribution in [1.29, 1.82) is 0 Å². The Kier molecular flexibility index (Phi) is 4.13. The molecule has 23 heavy (non-hydrogen) atoms. The van der Waals surface area contributed by atoms with Gasteiger partial charge in [-0.1, -0.05) is 31.6 Å². The van der Waals surface area contributed by atoms with Crippen LogP contribution in [0.2, 0.25) is 0 Å². The molecule has 2 nitrogen and oxygen atoms in total. The molecule has 1 aromatic heterocycles. The summed E-state index contributed by atoms with van der Waals surface area (Å²) in [7, 11) is 0. The molecule has 0 saturated carbocycles. The van der Waals surface area contributed by atoms with Gasteiger partial charge < -0.3 is 10.1 Å². The minimum Gasteiger partial charge on any atom is -0.494 e. The SMILES string of the molecule is CCCCOc1ccc2c(c1)C1C=CCC1C(c1cccs1)N2. The van der Waals surface area contributed by atoms with E-state index in [0.717, 1.165) is 25.2 Å². The molecule has 1 aliphatic carbocycles. The standard InChI is InChI=1S/C20H23NOS/c1-2-3-11-22-14-9-10-18-17(13-14)15-6-4-7-16(15)20(21-18)19-8-5-12-23-19/h4-6,8-10,12-13,15-16,20-21H,2-3,7,11H2,1H3. The molecular weight excluding hydrogens is 302 g/mol. The smallest absolute Gasteiger partial charge is 0.119 e. The van der Waals surface area contributed by atoms with E-state index in [2.05, 4.69) is 60.1 Å². The molecule has 1 aliphatic heterocycles. The number of benzene rings is 1. The van der Waals surface area contributed by atoms with Crippen LogP contribution in [-0.4, -0.2) is 6.61 Å². The molecular formula is C20H23NOS. The van der Waals surface area contributed by atoms with Gasteiger partial charge in [-0.15, -0.1) is 11.3 Å². The van der Waals surface area contributed by atoms with Crippen LogP contribution >= 0.6 is 11.3 Å². The molecule has 1 N–H and O–H groups in total. The molecule has 3 heteroatoms. The van der Waals surface area contributed by atoms with Crippen LogP contribution in [0.25, 0.3) is 0 Å². The van der Waals surface area contributed by atoms with E-state index < -0.39 is 0 Å². The van der Waals surface area contributed by atoms with Crippen LogP contribution in [0, 0.1) is 5.92 Å². The number of hydrogen-bond donors (Lipinski definition) is 1. The molecule has 0 radical (unpaired) electrons. The molecule has 120 valence electrons. The highest BCUT2D eigenvalue weighted by atomic mass is 32.1. The highest BCUT2D eigenvalue weighted by Crippen LogP contribution is 2.51. The maximum Gasteiger partial charge on any atom is 0.119 e. The van der Waals surface area contributed by atoms with Crippen molar-refractivity contribution in [1.82, 2.24) is 0 Å². The first-order chi connectivity index (χ1) is 11.4. The number of unbranched alkanes of at least 4 members (excludes halogenated alkanes) is 1. The molecule has 2 aromatic rings. The fourth-order valence-corrected chi connectivity index (χ4v) is 4.60. The summed E-state index contributed by atoms with van der Waals surface area (Å²) in [5.41, 5.74) is 2.66. The lowest BCUT2D eigenvalue weighted by atomic mass is 9.79. The first kappa shape index (κ1) is 14.8. The predicted octanol–water partition coefficient (Wildman–Crippen LogP) is 5.75. The second-order valence-electron chi connectivity index (χ2n) is 6.44. The molecule has 2 aliphatic rings. The molecule has 0 saturated heterocycles. The predicted molar refractivity (Wildman–Crippen MR) is 97.5 cm³/mol. The van der Waals surface area contributed by atoms with Gasteiger partial charge in [0.15, 0.2) is 0 Å². The van der Waals surface area contributed by atoms with Crippen LogP contribution in [0.3, 0.4) is 0 Å². The Balaban J connectivity index is 1.63. The van der Waals surface area contributed by atoms with Gasteiger partial charge in [0, 0.05) is 16.5 Å². The summed E-state index contributed by atoms with van der Waals surface area (Å²) < 4.78 is 5.91. The van der Waals surface area contributed by atoms with Gasteiger partial charge in [-0.25, -0.2) is 0 Å². The van der Waals surface area contributed by atoms with Crippen LogP contribution in [-0.2, 0) is 0 Å². The summed E-state index contributed by atoms with van der Waals surface area (Å²) in [5, 5.41) is 5.96. The first-order valence-electron chi connectivity index (χ1n) is 8.60. The monoisotopic (exact) mass is 325 g/mol. The van der Waals surface area contributed by atoms with E-state index in [9.17, 15) is 0 Å². The molecule has 0 bridgehead atoms. The zero-order chi connectivity index (χ0) is 15.6. The molecule has 0 amide bonds. The number of rotatable bonds is 5. The van der Waals surface area contributed by atoms with E-state index in [4.69, 9.17) is 4.74 Å². The Morgan fingerprint density at radius 1 is 1.30 bits per heavy atom. The lowest BCUT2D eigenvalue weighted by Gasteiger charge is -2.37. The van der Waals surface area contributed by atoms with Crippen molar-refractivity contribution in [3.05, 3.63) is 58.3 Å². The van der Waals surface area contributed by atoms with Crippen molar-refractivity contribution >= 4 is 17.0 Å². The average Bonchev–Trinajstić information content (AvgIpc) is 3.26. The minimum absolute atomic E-state index is 0.425. The zero-order valence-electron chi connectivity index (χ0n) is 13.5. The number of anilines is 1. The number of fused-ring (bicyclic) bond motifs is 3. The number of thiophene rings is 1. The fourth-order valence-electron chi connectivity index (χ4n) is 3.75. The van der Waals surface area contributed by atoms with E-state index in [0.29, 0.717) is 17.9 Å². The molecule has 1 aromatic carbocycles. The quantitative estimate of drug-likeness (QED) is 0.558. The number of hydrogen-bond acceptors (Lipinski definition) is 3. The van der Waals surface area contributed by atoms with Crippen molar-refractivity contribution in [3.63, 3.8) is 0 Å². The lowest BCUT2D eigenvalue weighted by molar-refractivity contribution is 0.308. The van der Waals surface area contributed by atoms with Gasteiger partial charge in [0.1, 0.15) is 5.75 Å². The van der Waals surface area contributed by atoms with Gasteiger partial charge in [0.2, 0.25) is 0 Å². The maximum atomic E-state index is 5.91. The van der Waals surface area contributed by atoms with Crippen molar-refractivity contribution in [2.24, 2.45) is 5.92 Å². The lowest BCUT2D eigenvalue weighted by Crippen LogP contribution is -2.28. The third-order valence-corrected chi connectivity index (χ3v) is 5.91. The summed E-state index contributed by atoms with van der Waals surface area (Å²) in [6, 6.07) is 11.4. The normalized spacial score (nSPS) is 24.8. The molecule has 3 atom stereocenters. The second kappa shape index (κ2) is 6.40. The van der Waals surface area contributed by atoms with Gasteiger partial charge >= 0.3 is 0 Å². The average molecular weight is 325 g/mol. The topological polar surface area (TPSA) is 21.3 Å². The third kappa shape index (κ3) is 2.78. The maximum absolute atomic E-state index is 5.91. The minimum atomic E-state index is 0.425. The summed E-state index contributed by atoms with van der Waals surface area (Å²) in [5.74, 6) is 2.13. The highest BCUT2D eigenvalue weighted by molar-refractivity contribution is 7.10. The van der Waals surface area contributed by atoms with Gasteiger partial charge in [-0.2, -0.15) is 0 Å². The van der Waals surface area contributed by atoms with Crippen molar-refractivity contribution in [2.75, 3.05) is 11.9 Å². The fraction of sp³-hybridized carbons (Fsp3) is 0.400. The van der Waals surface area contributed by atoms with Crippen LogP contribution in [0.15, 0.2) is 47.9 Å². The van der Waals surface area contributed by atoms with Crippen LogP contribution in [0.4, 0.5) is 5.69 Å². The van der Waals surface area contributed by atoms with Crippen LogP contribution in [0.1, 0.15) is 48.6 Å². The summed E-state index contributed by atoms with van der Waals surface area (Å²) in [6.45, 7) is 3.00. The number of ether oxygens (including phenoxy) is 1. The van der Waals surface area contributed by atoms with Crippen LogP contribution in [0.5, 0.6) is 5.75 Å². The zero-order valence-corrected chi connectivity index (χ0v) is 14.3. The third-order valence-electron chi connectivity index (χ3n) is 4.95. The second-order valence-corrected chi connectivity index (χ2v) is 7.42. The van der Waals surface area contributed by atoms with E-state index in [1.165, 1.54) is 22.5 Å². The first-order valence-corrected chi connectivity index (χ1v) is 9.48. The Morgan fingerprint density at radius 3 is 3.09 bits per heavy atom. The summed E-state index contributed by atoms with van der Waals surface area (Å²) in [6.07, 6.45) is 8.17. The van der Waals surface area contributed by atoms with Gasteiger partial charge in [-0.05, 0) is 54.0 Å². The molecule has 3 unspecified atom stereocenters. The number of allylic oxidation sites excluding steroid dienone is 2. The van der Waals surface area contributed by atoms with E-state index in [1.807, 2.05) is 11.3 Å². The van der Waals surface area contributed by atoms with Gasteiger partial charge in [0.05, 0.1) is 12.6 Å². The van der Waals surface area contributed by atoms with Gasteiger partial charge in [-0.3, -0.25) is 0 Å². The van der Waals surface area contributed by atoms with Gasteiger partial charge in [0.25, 0.3) is 0 Å². The van der Waals surface area contributed by atoms with Crippen molar-refractivity contribution in [3.8, 4) is 5.75 Å². The Labute approximate surface area is 142 Å². The Morgan fingerprint density at radius 2 is 2.26 bits per heavy atom. The van der Waals surface area contributed by atoms with E-state index >= 15 is 0 Å². The molecule has 2 heterocycles. The molecule has 0 fully saturated rings. The Bertz CT molecular complexity index is 692. The summed E-state index contributed by atoms with van der Waals surface area (Å²) in [4.78, 5) is 1.44. The Hall–Kier alpha value is -1.74. The molecule has 4 rings (SSSR count). The van der Waals surface area contributed by atoms with Crippen molar-refractivity contribution < 1.29 is 4.74 Å². The summed E-state index contributed by atoms with van der Waals surface area (Å²) >= 11 is 1.85. The van der Waals surface area contributed by atoms with E-state index in [1.54, 1.807) is 0 Å². The number of nitrogens with one attached hydrogen (secondary N) is 1. The van der Waals surface area contributed by atoms with Crippen molar-refractivity contribution in [2.45, 2.75) is 38.1 Å². The van der Waals surface area contributed by atoms with E-state index in [-0.39, 0.29) is 0 Å². The highest BCUT2D eigenvalue weighted by Gasteiger charge is 2.38. The van der Waals surface area contributed by atoms with Crippen LogP contribution < -0.4 is 10.1 Å². The molecule has 0 spiro atoms. The largest absolute Gasteiger partial charge is 0.494 e.